The molecule has 0 aliphatic carbocycles. The van der Waals surface area contributed by atoms with Gasteiger partial charge < -0.3 is 10.5 Å². The van der Waals surface area contributed by atoms with E-state index in [-0.39, 0.29) is 6.04 Å². The molecule has 0 aliphatic heterocycles. The van der Waals surface area contributed by atoms with Crippen LogP contribution in [0.3, 0.4) is 0 Å². The minimum atomic E-state index is -0.0374. The Bertz CT molecular complexity index is 859. The fourth-order valence-corrected chi connectivity index (χ4v) is 2.97. The van der Waals surface area contributed by atoms with Crippen molar-refractivity contribution in [3.63, 3.8) is 0 Å². The van der Waals surface area contributed by atoms with Crippen molar-refractivity contribution in [3.05, 3.63) is 101 Å². The lowest BCUT2D eigenvalue weighted by molar-refractivity contribution is 0.317. The van der Waals surface area contributed by atoms with Crippen molar-refractivity contribution in [2.45, 2.75) is 19.4 Å². The molecule has 3 rings (SSSR count). The van der Waals surface area contributed by atoms with Gasteiger partial charge in [-0.3, -0.25) is 0 Å². The van der Waals surface area contributed by atoms with Crippen LogP contribution in [-0.2, 0) is 0 Å². The molecule has 0 fully saturated rings. The summed E-state index contributed by atoms with van der Waals surface area (Å²) in [5.41, 5.74) is 4.81. The Hall–Kier alpha value is -2.78. The molecule has 1 unspecified atom stereocenters. The number of hydrogen-bond donors (Lipinski definition) is 2. The number of aryl methyl sites for hydroxylation is 1. The number of nitrogens with zero attached hydrogens (tertiary/aromatic N) is 1. The Labute approximate surface area is 159 Å². The van der Waals surface area contributed by atoms with Crippen LogP contribution in [0.2, 0.25) is 5.02 Å². The SMILES string of the molecule is Cc1ccc(C(CC(Nc2ccc(Cl)cc2)c2ccccc2)=NO)cc1. The molecule has 3 aromatic rings. The van der Waals surface area contributed by atoms with E-state index >= 15 is 0 Å². The highest BCUT2D eigenvalue weighted by atomic mass is 35.5. The van der Waals surface area contributed by atoms with Crippen LogP contribution >= 0.6 is 11.6 Å². The summed E-state index contributed by atoms with van der Waals surface area (Å²) in [7, 11) is 0. The monoisotopic (exact) mass is 364 g/mol. The number of anilines is 1. The van der Waals surface area contributed by atoms with Gasteiger partial charge in [-0.05, 0) is 42.3 Å². The van der Waals surface area contributed by atoms with Gasteiger partial charge in [-0.25, -0.2) is 0 Å². The van der Waals surface area contributed by atoms with Crippen molar-refractivity contribution in [1.82, 2.24) is 0 Å². The highest BCUT2D eigenvalue weighted by Gasteiger charge is 2.16. The van der Waals surface area contributed by atoms with E-state index in [0.717, 1.165) is 16.8 Å². The Kier molecular flexibility index (Phi) is 5.92. The smallest absolute Gasteiger partial charge is 0.0891 e. The van der Waals surface area contributed by atoms with Crippen LogP contribution in [-0.4, -0.2) is 10.9 Å². The first-order valence-electron chi connectivity index (χ1n) is 8.51. The lowest BCUT2D eigenvalue weighted by Crippen LogP contribution is -2.16. The van der Waals surface area contributed by atoms with E-state index in [2.05, 4.69) is 22.6 Å². The molecule has 0 bridgehead atoms. The van der Waals surface area contributed by atoms with Gasteiger partial charge in [-0.15, -0.1) is 0 Å². The van der Waals surface area contributed by atoms with Crippen molar-refractivity contribution in [3.8, 4) is 0 Å². The average molecular weight is 365 g/mol. The Balaban J connectivity index is 1.87. The van der Waals surface area contributed by atoms with Gasteiger partial charge in [0, 0.05) is 17.1 Å². The van der Waals surface area contributed by atoms with Crippen LogP contribution in [0.5, 0.6) is 0 Å². The van der Waals surface area contributed by atoms with Crippen molar-refractivity contribution in [2.75, 3.05) is 5.32 Å². The highest BCUT2D eigenvalue weighted by molar-refractivity contribution is 6.30. The maximum Gasteiger partial charge on any atom is 0.0891 e. The first-order chi connectivity index (χ1) is 12.7. The lowest BCUT2D eigenvalue weighted by atomic mass is 9.96. The van der Waals surface area contributed by atoms with E-state index in [1.165, 1.54) is 5.56 Å². The average Bonchev–Trinajstić information content (AvgIpc) is 2.68. The first-order valence-corrected chi connectivity index (χ1v) is 8.88. The van der Waals surface area contributed by atoms with Crippen molar-refractivity contribution >= 4 is 23.0 Å². The third kappa shape index (κ3) is 4.64. The standard InChI is InChI=1S/C22H21ClN2O/c1-16-7-9-18(10-8-16)22(25-26)15-21(17-5-3-2-4-6-17)24-20-13-11-19(23)12-14-20/h2-14,21,24,26H,15H2,1H3. The van der Waals surface area contributed by atoms with Gasteiger partial charge in [0.05, 0.1) is 11.8 Å². The molecule has 0 spiro atoms. The molecule has 0 saturated carbocycles. The molecule has 0 aromatic heterocycles. The summed E-state index contributed by atoms with van der Waals surface area (Å²) in [5.74, 6) is 0. The largest absolute Gasteiger partial charge is 0.411 e. The summed E-state index contributed by atoms with van der Waals surface area (Å²) >= 11 is 5.98. The lowest BCUT2D eigenvalue weighted by Gasteiger charge is -2.21. The Morgan fingerprint density at radius 3 is 2.23 bits per heavy atom. The highest BCUT2D eigenvalue weighted by Crippen LogP contribution is 2.26. The third-order valence-corrected chi connectivity index (χ3v) is 4.54. The molecule has 132 valence electrons. The Morgan fingerprint density at radius 2 is 1.62 bits per heavy atom. The van der Waals surface area contributed by atoms with Gasteiger partial charge >= 0.3 is 0 Å². The summed E-state index contributed by atoms with van der Waals surface area (Å²) in [6, 6.07) is 25.7. The number of nitrogens with one attached hydrogen (secondary N) is 1. The normalized spacial score (nSPS) is 12.6. The molecule has 0 saturated heterocycles. The third-order valence-electron chi connectivity index (χ3n) is 4.29. The summed E-state index contributed by atoms with van der Waals surface area (Å²) in [6.45, 7) is 2.04. The van der Waals surface area contributed by atoms with Crippen molar-refractivity contribution in [2.24, 2.45) is 5.16 Å². The summed E-state index contributed by atoms with van der Waals surface area (Å²) in [4.78, 5) is 0. The van der Waals surface area contributed by atoms with Crippen LogP contribution < -0.4 is 5.32 Å². The fraction of sp³-hybridized carbons (Fsp3) is 0.136. The zero-order chi connectivity index (χ0) is 18.4. The first kappa shape index (κ1) is 18.0. The van der Waals surface area contributed by atoms with Gasteiger partial charge in [0.25, 0.3) is 0 Å². The minimum Gasteiger partial charge on any atom is -0.411 e. The molecular formula is C22H21ClN2O. The van der Waals surface area contributed by atoms with E-state index in [4.69, 9.17) is 11.6 Å². The van der Waals surface area contributed by atoms with Crippen LogP contribution in [0, 0.1) is 6.92 Å². The summed E-state index contributed by atoms with van der Waals surface area (Å²) < 4.78 is 0. The van der Waals surface area contributed by atoms with Crippen LogP contribution in [0.1, 0.15) is 29.2 Å². The van der Waals surface area contributed by atoms with Crippen LogP contribution in [0.25, 0.3) is 0 Å². The van der Waals surface area contributed by atoms with E-state index in [1.54, 1.807) is 0 Å². The topological polar surface area (TPSA) is 44.6 Å². The number of halogens is 1. The second-order valence-electron chi connectivity index (χ2n) is 6.23. The van der Waals surface area contributed by atoms with E-state index in [9.17, 15) is 5.21 Å². The van der Waals surface area contributed by atoms with E-state index in [1.807, 2.05) is 73.7 Å². The molecule has 1 atom stereocenters. The van der Waals surface area contributed by atoms with Gasteiger partial charge in [0.1, 0.15) is 0 Å². The molecule has 2 N–H and O–H groups in total. The number of oxime groups is 1. The van der Waals surface area contributed by atoms with Crippen molar-refractivity contribution in [1.29, 1.82) is 0 Å². The molecule has 26 heavy (non-hydrogen) atoms. The fourth-order valence-electron chi connectivity index (χ4n) is 2.84. The number of rotatable bonds is 6. The second-order valence-corrected chi connectivity index (χ2v) is 6.67. The summed E-state index contributed by atoms with van der Waals surface area (Å²) in [5, 5.41) is 17.4. The van der Waals surface area contributed by atoms with Gasteiger partial charge in [-0.1, -0.05) is 76.9 Å². The van der Waals surface area contributed by atoms with Crippen molar-refractivity contribution < 1.29 is 5.21 Å². The van der Waals surface area contributed by atoms with Gasteiger partial charge in [0.2, 0.25) is 0 Å². The zero-order valence-corrected chi connectivity index (χ0v) is 15.3. The molecule has 0 heterocycles. The molecule has 0 radical (unpaired) electrons. The molecular weight excluding hydrogens is 344 g/mol. The molecule has 0 amide bonds. The maximum absolute atomic E-state index is 9.59. The minimum absolute atomic E-state index is 0.0374. The van der Waals surface area contributed by atoms with E-state index < -0.39 is 0 Å². The quantitative estimate of drug-likeness (QED) is 0.316. The molecule has 3 aromatic carbocycles. The molecule has 4 heteroatoms. The molecule has 0 aliphatic rings. The predicted octanol–water partition coefficient (Wildman–Crippen LogP) is 6.07. The van der Waals surface area contributed by atoms with Gasteiger partial charge in [0.15, 0.2) is 0 Å². The Morgan fingerprint density at radius 1 is 0.962 bits per heavy atom. The number of benzene rings is 3. The van der Waals surface area contributed by atoms with E-state index in [0.29, 0.717) is 17.2 Å². The predicted molar refractivity (Wildman–Crippen MR) is 108 cm³/mol. The summed E-state index contributed by atoms with van der Waals surface area (Å²) in [6.07, 6.45) is 0.548. The second kappa shape index (κ2) is 8.54. The maximum atomic E-state index is 9.59. The molecule has 3 nitrogen and oxygen atoms in total. The van der Waals surface area contributed by atoms with Crippen LogP contribution in [0.4, 0.5) is 5.69 Å². The zero-order valence-electron chi connectivity index (χ0n) is 14.6. The van der Waals surface area contributed by atoms with Crippen LogP contribution in [0.15, 0.2) is 84.0 Å². The number of hydrogen-bond acceptors (Lipinski definition) is 3. The van der Waals surface area contributed by atoms with Gasteiger partial charge in [-0.2, -0.15) is 0 Å².